The van der Waals surface area contributed by atoms with E-state index in [2.05, 4.69) is 333 Å². The predicted molar refractivity (Wildman–Crippen MR) is 432 cm³/mol. The van der Waals surface area contributed by atoms with Gasteiger partial charge in [0.25, 0.3) is 0 Å². The van der Waals surface area contributed by atoms with Crippen LogP contribution in [0.25, 0.3) is 110 Å². The molecule has 0 radical (unpaired) electrons. The summed E-state index contributed by atoms with van der Waals surface area (Å²) in [5.41, 5.74) is 13.5. The topological polar surface area (TPSA) is 43.5 Å². The SMILES string of the molecule is C[Si](C)(C)c1ccc2c(c1)c1cc([Si](C)(C)C)ccc1n2-c1cc(-n2c3ccc([Si](C)(C)C)cc3c3cc([Si](C)(C)C)ccc32)c(-n2c3ccc([Si](C)(C)C)cc3c3cc([Si](C)(C)C)ccc32)c(C#N)c1-n1c2ccc([Si](C)(C)C)cc2c2cc([Si](C)(C)C)ccc21. The third-order valence-corrected chi connectivity index (χ3v) is 36.6. The number of hydrogen-bond acceptors (Lipinski definition) is 1. The van der Waals surface area contributed by atoms with Crippen LogP contribution in [-0.2, 0) is 0 Å². The van der Waals surface area contributed by atoms with E-state index in [9.17, 15) is 5.26 Å². The zero-order chi connectivity index (χ0) is 66.4. The van der Waals surface area contributed by atoms with E-state index in [-0.39, 0.29) is 0 Å². The smallest absolute Gasteiger partial charge is 0.104 e. The van der Waals surface area contributed by atoms with Crippen molar-refractivity contribution in [3.8, 4) is 28.8 Å². The Morgan fingerprint density at radius 1 is 0.217 bits per heavy atom. The standard InChI is InChI=1S/C79H97N5Si8/c1-85(2,3)51-25-33-68-59(41-51)60-42-52(86(4,5)6)26-34-69(60)81(68)76-49-77(82-70-35-27-53(87(7,8)9)43-61(70)62-44-54(88(10,11)12)28-36-71(62)82)79(84-74-39-31-57(91(19,20)21)47-65(74)66-48-58(92(22,23)24)32-40-75(66)84)67(50-80)78(76)83-72-37-29-55(89(13,14)15)45-63(72)64-46-56(90(16,17)18)30-38-73(64)83/h25-49H,1-24H3. The fourth-order valence-electron chi connectivity index (χ4n) is 14.4. The van der Waals surface area contributed by atoms with Gasteiger partial charge in [-0.25, -0.2) is 0 Å². The highest BCUT2D eigenvalue weighted by Crippen LogP contribution is 2.47. The van der Waals surface area contributed by atoms with Gasteiger partial charge in [-0.15, -0.1) is 0 Å². The van der Waals surface area contributed by atoms with Crippen LogP contribution in [0.1, 0.15) is 5.56 Å². The summed E-state index contributed by atoms with van der Waals surface area (Å²) >= 11 is 0. The van der Waals surface area contributed by atoms with E-state index < -0.39 is 64.6 Å². The molecular weight excluding hydrogens is 1240 g/mol. The van der Waals surface area contributed by atoms with Gasteiger partial charge in [0.05, 0.1) is 131 Å². The first-order valence-corrected chi connectivity index (χ1v) is 61.6. The average molecular weight is 1340 g/mol. The fourth-order valence-corrected chi connectivity index (χ4v) is 23.6. The van der Waals surface area contributed by atoms with Crippen LogP contribution < -0.4 is 41.5 Å². The second-order valence-electron chi connectivity index (χ2n) is 35.3. The first kappa shape index (κ1) is 64.1. The van der Waals surface area contributed by atoms with E-state index in [0.29, 0.717) is 5.56 Å². The van der Waals surface area contributed by atoms with Crippen molar-refractivity contribution >= 4 is 193 Å². The zero-order valence-corrected chi connectivity index (χ0v) is 67.7. The van der Waals surface area contributed by atoms with E-state index in [4.69, 9.17) is 0 Å². The molecule has 0 spiro atoms. The molecular formula is C79H97N5Si8. The molecule has 0 fully saturated rings. The second kappa shape index (κ2) is 21.2. The van der Waals surface area contributed by atoms with E-state index >= 15 is 0 Å². The molecule has 0 atom stereocenters. The number of benzene rings is 9. The summed E-state index contributed by atoms with van der Waals surface area (Å²) in [5, 5.41) is 34.9. The maximum absolute atomic E-state index is 13.3. The first-order valence-electron chi connectivity index (χ1n) is 33.6. The number of hydrogen-bond donors (Lipinski definition) is 0. The molecule has 0 amide bonds. The average Bonchev–Trinajstić information content (AvgIpc) is 1.49. The second-order valence-corrected chi connectivity index (χ2v) is 75.9. The Kier molecular flexibility index (Phi) is 14.8. The molecule has 0 unspecified atom stereocenters. The number of aromatic nitrogens is 4. The quantitative estimate of drug-likeness (QED) is 0.112. The van der Waals surface area contributed by atoms with Crippen molar-refractivity contribution in [2.75, 3.05) is 0 Å². The Hall–Kier alpha value is -6.59. The van der Waals surface area contributed by atoms with Gasteiger partial charge < -0.3 is 18.3 Å². The molecule has 4 heterocycles. The van der Waals surface area contributed by atoms with Gasteiger partial charge in [0.2, 0.25) is 0 Å². The van der Waals surface area contributed by atoms with Crippen molar-refractivity contribution in [3.05, 3.63) is 157 Å². The van der Waals surface area contributed by atoms with Crippen LogP contribution >= 0.6 is 0 Å². The minimum Gasteiger partial charge on any atom is -0.307 e. The minimum absolute atomic E-state index is 0.641. The first-order chi connectivity index (χ1) is 42.6. The summed E-state index contributed by atoms with van der Waals surface area (Å²) in [4.78, 5) is 0. The molecule has 470 valence electrons. The van der Waals surface area contributed by atoms with Crippen LogP contribution in [0.15, 0.2) is 152 Å². The highest BCUT2D eigenvalue weighted by molar-refractivity contribution is 6.92. The van der Waals surface area contributed by atoms with Crippen LogP contribution in [0.3, 0.4) is 0 Å². The van der Waals surface area contributed by atoms with E-state index in [1.54, 1.807) is 0 Å². The lowest BCUT2D eigenvalue weighted by atomic mass is 10.0. The molecule has 4 aromatic heterocycles. The van der Waals surface area contributed by atoms with Crippen molar-refractivity contribution in [2.24, 2.45) is 0 Å². The van der Waals surface area contributed by atoms with Crippen LogP contribution in [0.2, 0.25) is 157 Å². The molecule has 0 aliphatic carbocycles. The van der Waals surface area contributed by atoms with Gasteiger partial charge in [0.15, 0.2) is 0 Å². The molecule has 5 nitrogen and oxygen atoms in total. The predicted octanol–water partition coefficient (Wildman–Crippen LogP) is 18.3. The Morgan fingerprint density at radius 2 is 0.370 bits per heavy atom. The van der Waals surface area contributed by atoms with E-state index in [0.717, 1.165) is 66.9 Å². The number of rotatable bonds is 12. The Bertz CT molecular complexity index is 4710. The number of nitriles is 1. The van der Waals surface area contributed by atoms with E-state index in [1.807, 2.05) is 0 Å². The van der Waals surface area contributed by atoms with Crippen molar-refractivity contribution < 1.29 is 0 Å². The minimum atomic E-state index is -1.82. The number of nitrogens with zero attached hydrogens (tertiary/aromatic N) is 5. The van der Waals surface area contributed by atoms with Gasteiger partial charge in [-0.05, 0) is 54.6 Å². The molecule has 0 bridgehead atoms. The molecule has 0 aliphatic heterocycles. The summed E-state index contributed by atoms with van der Waals surface area (Å²) in [7, 11) is -14.5. The Balaban J connectivity index is 1.35. The number of fused-ring (bicyclic) bond motifs is 12. The summed E-state index contributed by atoms with van der Waals surface area (Å²) in [6, 6.07) is 64.9. The summed E-state index contributed by atoms with van der Waals surface area (Å²) in [5.74, 6) is 0. The van der Waals surface area contributed by atoms with Crippen molar-refractivity contribution in [2.45, 2.75) is 157 Å². The Labute approximate surface area is 555 Å². The molecule has 0 aliphatic rings. The summed E-state index contributed by atoms with van der Waals surface area (Å²) in [6.07, 6.45) is 0. The maximum Gasteiger partial charge on any atom is 0.104 e. The Morgan fingerprint density at radius 3 is 0.511 bits per heavy atom. The largest absolute Gasteiger partial charge is 0.307 e. The van der Waals surface area contributed by atoms with Gasteiger partial charge in [-0.1, -0.05) is 296 Å². The van der Waals surface area contributed by atoms with Crippen LogP contribution in [0, 0.1) is 11.3 Å². The maximum atomic E-state index is 13.3. The van der Waals surface area contributed by atoms with Crippen molar-refractivity contribution in [3.63, 3.8) is 0 Å². The van der Waals surface area contributed by atoms with E-state index in [1.165, 1.54) is 84.6 Å². The summed E-state index contributed by atoms with van der Waals surface area (Å²) < 4.78 is 10.3. The van der Waals surface area contributed by atoms with Gasteiger partial charge in [0, 0.05) is 43.1 Å². The molecule has 13 aromatic rings. The van der Waals surface area contributed by atoms with Crippen molar-refractivity contribution in [1.82, 2.24) is 18.3 Å². The molecule has 92 heavy (non-hydrogen) atoms. The summed E-state index contributed by atoms with van der Waals surface area (Å²) in [6.45, 7) is 59.4. The molecule has 13 rings (SSSR count). The zero-order valence-electron chi connectivity index (χ0n) is 59.7. The van der Waals surface area contributed by atoms with Gasteiger partial charge >= 0.3 is 0 Å². The highest BCUT2D eigenvalue weighted by atomic mass is 28.3. The van der Waals surface area contributed by atoms with Gasteiger partial charge in [0.1, 0.15) is 11.6 Å². The van der Waals surface area contributed by atoms with Crippen molar-refractivity contribution in [1.29, 1.82) is 5.26 Å². The third-order valence-electron chi connectivity index (χ3n) is 20.3. The normalized spacial score (nSPS) is 13.6. The molecule has 0 saturated heterocycles. The van der Waals surface area contributed by atoms with Crippen LogP contribution in [0.4, 0.5) is 0 Å². The lowest BCUT2D eigenvalue weighted by Crippen LogP contribution is -2.37. The molecule has 0 N–H and O–H groups in total. The van der Waals surface area contributed by atoms with Gasteiger partial charge in [-0.2, -0.15) is 5.26 Å². The lowest BCUT2D eigenvalue weighted by Gasteiger charge is -2.26. The molecule has 9 aromatic carbocycles. The van der Waals surface area contributed by atoms with Gasteiger partial charge in [-0.3, -0.25) is 0 Å². The monoisotopic (exact) mass is 1340 g/mol. The molecule has 13 heteroatoms. The van der Waals surface area contributed by atoms with Crippen LogP contribution in [0.5, 0.6) is 0 Å². The van der Waals surface area contributed by atoms with Crippen LogP contribution in [-0.4, -0.2) is 82.9 Å². The highest BCUT2D eigenvalue weighted by Gasteiger charge is 2.35. The molecule has 0 saturated carbocycles. The lowest BCUT2D eigenvalue weighted by molar-refractivity contribution is 1.03. The fraction of sp³-hybridized carbons (Fsp3) is 0.304. The third kappa shape index (κ3) is 10.6.